The van der Waals surface area contributed by atoms with Crippen molar-refractivity contribution >= 4 is 17.1 Å². The molecular weight excluding hydrogens is 414 g/mol. The molecule has 1 saturated carbocycles. The van der Waals surface area contributed by atoms with E-state index in [1.807, 2.05) is 12.1 Å². The Hall–Kier alpha value is -3.00. The highest BCUT2D eigenvalue weighted by molar-refractivity contribution is 6.01. The van der Waals surface area contributed by atoms with E-state index in [1.54, 1.807) is 16.9 Å². The zero-order valence-corrected chi connectivity index (χ0v) is 17.7. The van der Waals surface area contributed by atoms with E-state index >= 15 is 0 Å². The highest BCUT2D eigenvalue weighted by Gasteiger charge is 2.29. The number of halogens is 2. The van der Waals surface area contributed by atoms with Gasteiger partial charge in [-0.05, 0) is 68.9 Å². The van der Waals surface area contributed by atoms with Crippen molar-refractivity contribution in [3.05, 3.63) is 65.5 Å². The summed E-state index contributed by atoms with van der Waals surface area (Å²) < 4.78 is 29.9. The van der Waals surface area contributed by atoms with Crippen molar-refractivity contribution in [2.45, 2.75) is 56.7 Å². The van der Waals surface area contributed by atoms with Crippen LogP contribution >= 0.6 is 0 Å². The van der Waals surface area contributed by atoms with Gasteiger partial charge < -0.3 is 15.3 Å². The molecular formula is C24H26F2N4O2. The molecule has 5 rings (SSSR count). The minimum Gasteiger partial charge on any atom is -0.393 e. The molecule has 3 aromatic rings. The molecule has 0 spiro atoms. The van der Waals surface area contributed by atoms with Crippen molar-refractivity contribution in [3.8, 4) is 0 Å². The second kappa shape index (κ2) is 8.50. The van der Waals surface area contributed by atoms with E-state index in [0.717, 1.165) is 44.0 Å². The number of nitrogens with one attached hydrogen (secondary N) is 1. The number of benzene rings is 1. The fourth-order valence-electron chi connectivity index (χ4n) is 4.98. The maximum Gasteiger partial charge on any atom is 0.255 e. The molecule has 2 aliphatic rings. The van der Waals surface area contributed by atoms with Gasteiger partial charge in [-0.2, -0.15) is 5.10 Å². The Morgan fingerprint density at radius 1 is 1.09 bits per heavy atom. The van der Waals surface area contributed by atoms with Crippen LogP contribution in [0.25, 0.3) is 5.52 Å². The first-order chi connectivity index (χ1) is 15.5. The molecule has 1 atom stereocenters. The Morgan fingerprint density at radius 3 is 2.72 bits per heavy atom. The minimum atomic E-state index is -0.450. The highest BCUT2D eigenvalue weighted by atomic mass is 19.1. The molecule has 1 amide bonds. The van der Waals surface area contributed by atoms with Crippen molar-refractivity contribution in [2.24, 2.45) is 0 Å². The number of nitrogens with zero attached hydrogens (tertiary/aromatic N) is 3. The standard InChI is InChI=1S/C24H26F2N4O2/c25-15-3-8-21(26)19(12-15)22-2-1-10-29(22)17-9-11-30-23(13-17)20(14-27-30)24(32)28-16-4-6-18(31)7-5-16/h3,8-9,11-14,16,18,22,31H,1-2,4-7,10H2,(H,28,32)/t16?,18?,22-/m1/s1. The number of fused-ring (bicyclic) bond motifs is 1. The summed E-state index contributed by atoms with van der Waals surface area (Å²) in [5.74, 6) is -1.05. The van der Waals surface area contributed by atoms with Crippen LogP contribution < -0.4 is 10.2 Å². The van der Waals surface area contributed by atoms with Gasteiger partial charge in [-0.25, -0.2) is 13.3 Å². The van der Waals surface area contributed by atoms with Gasteiger partial charge >= 0.3 is 0 Å². The predicted molar refractivity (Wildman–Crippen MR) is 117 cm³/mol. The maximum absolute atomic E-state index is 14.5. The zero-order chi connectivity index (χ0) is 22.2. The van der Waals surface area contributed by atoms with Crippen molar-refractivity contribution in [2.75, 3.05) is 11.4 Å². The molecule has 1 saturated heterocycles. The second-order valence-corrected chi connectivity index (χ2v) is 8.77. The van der Waals surface area contributed by atoms with E-state index in [-0.39, 0.29) is 24.1 Å². The number of hydrogen-bond acceptors (Lipinski definition) is 4. The molecule has 3 heterocycles. The van der Waals surface area contributed by atoms with Gasteiger partial charge in [-0.1, -0.05) is 0 Å². The summed E-state index contributed by atoms with van der Waals surface area (Å²) in [6, 6.07) is 7.14. The molecule has 1 aliphatic heterocycles. The maximum atomic E-state index is 14.5. The lowest BCUT2D eigenvalue weighted by molar-refractivity contribution is 0.0869. The Balaban J connectivity index is 1.42. The Morgan fingerprint density at radius 2 is 1.91 bits per heavy atom. The lowest BCUT2D eigenvalue weighted by Crippen LogP contribution is -2.38. The third kappa shape index (κ3) is 3.95. The Labute approximate surface area is 184 Å². The zero-order valence-electron chi connectivity index (χ0n) is 17.7. The van der Waals surface area contributed by atoms with E-state index in [1.165, 1.54) is 12.1 Å². The number of aliphatic hydroxyl groups excluding tert-OH is 1. The summed E-state index contributed by atoms with van der Waals surface area (Å²) in [5, 5.41) is 17.0. The van der Waals surface area contributed by atoms with Gasteiger partial charge in [-0.15, -0.1) is 0 Å². The number of aromatic nitrogens is 2. The van der Waals surface area contributed by atoms with Crippen molar-refractivity contribution in [1.29, 1.82) is 0 Å². The lowest BCUT2D eigenvalue weighted by atomic mass is 9.93. The fourth-order valence-corrected chi connectivity index (χ4v) is 4.98. The van der Waals surface area contributed by atoms with Gasteiger partial charge in [0.25, 0.3) is 5.91 Å². The topological polar surface area (TPSA) is 69.9 Å². The number of aliphatic hydroxyl groups is 1. The smallest absolute Gasteiger partial charge is 0.255 e. The average Bonchev–Trinajstić information content (AvgIpc) is 3.43. The summed E-state index contributed by atoms with van der Waals surface area (Å²) in [6.07, 6.45) is 7.55. The molecule has 1 aliphatic carbocycles. The normalized spacial score (nSPS) is 23.6. The van der Waals surface area contributed by atoms with Gasteiger partial charge in [0.15, 0.2) is 0 Å². The van der Waals surface area contributed by atoms with Gasteiger partial charge in [0, 0.05) is 30.0 Å². The van der Waals surface area contributed by atoms with Crippen LogP contribution in [0.1, 0.15) is 60.5 Å². The molecule has 32 heavy (non-hydrogen) atoms. The van der Waals surface area contributed by atoms with Crippen molar-refractivity contribution in [1.82, 2.24) is 14.9 Å². The first-order valence-electron chi connectivity index (χ1n) is 11.2. The molecule has 168 valence electrons. The molecule has 0 radical (unpaired) electrons. The molecule has 0 unspecified atom stereocenters. The summed E-state index contributed by atoms with van der Waals surface area (Å²) in [5.41, 5.74) is 2.35. The fraction of sp³-hybridized carbons (Fsp3) is 0.417. The number of carbonyl (C=O) groups is 1. The number of carbonyl (C=O) groups excluding carboxylic acids is 1. The van der Waals surface area contributed by atoms with Crippen LogP contribution in [0.5, 0.6) is 0 Å². The largest absolute Gasteiger partial charge is 0.393 e. The van der Waals surface area contributed by atoms with Crippen LogP contribution in [0.3, 0.4) is 0 Å². The summed E-state index contributed by atoms with van der Waals surface area (Å²) in [6.45, 7) is 0.719. The molecule has 8 heteroatoms. The highest BCUT2D eigenvalue weighted by Crippen LogP contribution is 2.38. The number of anilines is 1. The van der Waals surface area contributed by atoms with Crippen LogP contribution in [0.4, 0.5) is 14.5 Å². The Bertz CT molecular complexity index is 1140. The van der Waals surface area contributed by atoms with Crippen molar-refractivity contribution < 1.29 is 18.7 Å². The summed E-state index contributed by atoms with van der Waals surface area (Å²) in [4.78, 5) is 15.0. The predicted octanol–water partition coefficient (Wildman–Crippen LogP) is 3.99. The van der Waals surface area contributed by atoms with E-state index < -0.39 is 11.6 Å². The molecule has 2 N–H and O–H groups in total. The molecule has 6 nitrogen and oxygen atoms in total. The van der Waals surface area contributed by atoms with E-state index in [4.69, 9.17) is 0 Å². The SMILES string of the molecule is O=C(NC1CCC(O)CC1)c1cnn2ccc(N3CCC[C@@H]3c3cc(F)ccc3F)cc12. The van der Waals surface area contributed by atoms with E-state index in [9.17, 15) is 18.7 Å². The first kappa shape index (κ1) is 20.9. The first-order valence-corrected chi connectivity index (χ1v) is 11.2. The number of amides is 1. The van der Waals surface area contributed by atoms with E-state index in [0.29, 0.717) is 29.5 Å². The number of pyridine rings is 1. The van der Waals surface area contributed by atoms with Crippen molar-refractivity contribution in [3.63, 3.8) is 0 Å². The number of hydrogen-bond donors (Lipinski definition) is 2. The molecule has 0 bridgehead atoms. The van der Waals surface area contributed by atoms with Gasteiger partial charge in [-0.3, -0.25) is 4.79 Å². The average molecular weight is 440 g/mol. The minimum absolute atomic E-state index is 0.0444. The molecule has 2 aromatic heterocycles. The van der Waals surface area contributed by atoms with Gasteiger partial charge in [0.05, 0.1) is 29.4 Å². The van der Waals surface area contributed by atoms with E-state index in [2.05, 4.69) is 15.3 Å². The van der Waals surface area contributed by atoms with Crippen LogP contribution in [-0.2, 0) is 0 Å². The number of rotatable bonds is 4. The third-order valence-electron chi connectivity index (χ3n) is 6.68. The van der Waals surface area contributed by atoms with Crippen LogP contribution in [-0.4, -0.2) is 39.3 Å². The Kier molecular flexibility index (Phi) is 5.55. The lowest BCUT2D eigenvalue weighted by Gasteiger charge is -2.28. The quantitative estimate of drug-likeness (QED) is 0.644. The van der Waals surface area contributed by atoms with Crippen LogP contribution in [0.2, 0.25) is 0 Å². The van der Waals surface area contributed by atoms with Crippen LogP contribution in [0.15, 0.2) is 42.7 Å². The second-order valence-electron chi connectivity index (χ2n) is 8.77. The molecule has 1 aromatic carbocycles. The van der Waals surface area contributed by atoms with Gasteiger partial charge in [0.1, 0.15) is 11.6 Å². The van der Waals surface area contributed by atoms with Gasteiger partial charge in [0.2, 0.25) is 0 Å². The monoisotopic (exact) mass is 440 g/mol. The third-order valence-corrected chi connectivity index (χ3v) is 6.68. The van der Waals surface area contributed by atoms with Crippen LogP contribution in [0, 0.1) is 11.6 Å². The summed E-state index contributed by atoms with van der Waals surface area (Å²) in [7, 11) is 0. The summed E-state index contributed by atoms with van der Waals surface area (Å²) >= 11 is 0. The molecule has 2 fully saturated rings.